The van der Waals surface area contributed by atoms with Crippen molar-refractivity contribution in [3.05, 3.63) is 46.9 Å². The molecule has 0 fully saturated rings. The summed E-state index contributed by atoms with van der Waals surface area (Å²) in [5.41, 5.74) is 3.11. The number of carboxylic acids is 1. The molecule has 1 heterocycles. The molecule has 0 amide bonds. The van der Waals surface area contributed by atoms with E-state index in [0.29, 0.717) is 0 Å². The Morgan fingerprint density at radius 3 is 2.05 bits per heavy atom. The normalized spacial score (nSPS) is 10.8. The lowest BCUT2D eigenvalue weighted by Gasteiger charge is -2.11. The number of nitrogens with two attached hydrogens (primary N) is 1. The Bertz CT molecular complexity index is 751. The van der Waals surface area contributed by atoms with Gasteiger partial charge >= 0.3 is 5.97 Å². The summed E-state index contributed by atoms with van der Waals surface area (Å²) in [5, 5.41) is 8.76. The van der Waals surface area contributed by atoms with Crippen molar-refractivity contribution in [3.63, 3.8) is 0 Å². The van der Waals surface area contributed by atoms with Crippen LogP contribution < -0.4 is 5.73 Å². The van der Waals surface area contributed by atoms with Crippen LogP contribution in [0.1, 0.15) is 5.56 Å². The van der Waals surface area contributed by atoms with Gasteiger partial charge in [0.05, 0.1) is 29.6 Å². The van der Waals surface area contributed by atoms with Crippen LogP contribution in [0.25, 0.3) is 11.3 Å². The highest BCUT2D eigenvalue weighted by Gasteiger charge is 2.28. The van der Waals surface area contributed by atoms with E-state index in [1.807, 2.05) is 0 Å². The number of rotatable bonds is 3. The summed E-state index contributed by atoms with van der Waals surface area (Å²) in [6.07, 6.45) is 0.158. The molecule has 0 aliphatic heterocycles. The molecule has 4 nitrogen and oxygen atoms in total. The second kappa shape index (κ2) is 5.58. The van der Waals surface area contributed by atoms with Crippen molar-refractivity contribution in [3.8, 4) is 11.3 Å². The third-order valence-corrected chi connectivity index (χ3v) is 2.78. The third-order valence-electron chi connectivity index (χ3n) is 2.78. The Hall–Kier alpha value is -2.71. The average molecular weight is 318 g/mol. The van der Waals surface area contributed by atoms with E-state index in [0.717, 1.165) is 12.3 Å². The number of aliphatic carboxylic acids is 1. The lowest BCUT2D eigenvalue weighted by atomic mass is 10.0. The van der Waals surface area contributed by atoms with Gasteiger partial charge in [-0.05, 0) is 11.6 Å². The van der Waals surface area contributed by atoms with Crippen LogP contribution >= 0.6 is 0 Å². The summed E-state index contributed by atoms with van der Waals surface area (Å²) in [6, 6.07) is 1.04. The molecule has 0 saturated heterocycles. The van der Waals surface area contributed by atoms with Gasteiger partial charge in [-0.15, -0.1) is 0 Å². The van der Waals surface area contributed by atoms with Crippen LogP contribution in [0.4, 0.5) is 27.6 Å². The van der Waals surface area contributed by atoms with E-state index in [4.69, 9.17) is 10.8 Å². The first-order valence-corrected chi connectivity index (χ1v) is 5.72. The lowest BCUT2D eigenvalue weighted by Crippen LogP contribution is -2.09. The fourth-order valence-electron chi connectivity index (χ4n) is 1.86. The molecule has 0 aliphatic rings. The zero-order chi connectivity index (χ0) is 16.6. The standard InChI is InChI=1S/C13H7F5N2O2/c14-8-7(9(15)11(17)12(18)10(8)16)13-4(2-6(21)22)1-5(19)3-20-13/h1,3H,2,19H2,(H,21,22). The maximum atomic E-state index is 13.8. The van der Waals surface area contributed by atoms with Crippen molar-refractivity contribution in [1.29, 1.82) is 0 Å². The predicted molar refractivity (Wildman–Crippen MR) is 65.2 cm³/mol. The fourth-order valence-corrected chi connectivity index (χ4v) is 1.86. The molecule has 0 atom stereocenters. The number of benzene rings is 1. The van der Waals surface area contributed by atoms with Crippen molar-refractivity contribution >= 4 is 11.7 Å². The van der Waals surface area contributed by atoms with Crippen molar-refractivity contribution < 1.29 is 31.9 Å². The zero-order valence-corrected chi connectivity index (χ0v) is 10.6. The first-order valence-electron chi connectivity index (χ1n) is 5.72. The molecular formula is C13H7F5N2O2. The second-order valence-corrected chi connectivity index (χ2v) is 4.29. The SMILES string of the molecule is Nc1cnc(-c2c(F)c(F)c(F)c(F)c2F)c(CC(=O)O)c1. The number of hydrogen-bond donors (Lipinski definition) is 2. The molecule has 1 aromatic carbocycles. The molecule has 2 rings (SSSR count). The number of anilines is 1. The average Bonchev–Trinajstić information content (AvgIpc) is 2.45. The minimum atomic E-state index is -2.31. The second-order valence-electron chi connectivity index (χ2n) is 4.29. The number of pyridine rings is 1. The Balaban J connectivity index is 2.80. The number of hydrogen-bond acceptors (Lipinski definition) is 3. The van der Waals surface area contributed by atoms with Crippen LogP contribution in [0, 0.1) is 29.1 Å². The van der Waals surface area contributed by atoms with Crippen LogP contribution in [-0.2, 0) is 11.2 Å². The molecule has 22 heavy (non-hydrogen) atoms. The summed E-state index contributed by atoms with van der Waals surface area (Å²) in [7, 11) is 0. The van der Waals surface area contributed by atoms with Gasteiger partial charge in [0.25, 0.3) is 0 Å². The minimum Gasteiger partial charge on any atom is -0.481 e. The number of carbonyl (C=O) groups is 1. The molecule has 9 heteroatoms. The van der Waals surface area contributed by atoms with Gasteiger partial charge in [-0.3, -0.25) is 9.78 Å². The minimum absolute atomic E-state index is 0.0242. The number of carboxylic acid groups (broad SMARTS) is 1. The first kappa shape index (κ1) is 15.7. The summed E-state index contributed by atoms with van der Waals surface area (Å²) >= 11 is 0. The molecular weight excluding hydrogens is 311 g/mol. The summed E-state index contributed by atoms with van der Waals surface area (Å²) in [6.45, 7) is 0. The van der Waals surface area contributed by atoms with E-state index >= 15 is 0 Å². The van der Waals surface area contributed by atoms with Gasteiger partial charge in [-0.25, -0.2) is 22.0 Å². The van der Waals surface area contributed by atoms with Crippen LogP contribution in [0.2, 0.25) is 0 Å². The Labute approximate surface area is 120 Å². The smallest absolute Gasteiger partial charge is 0.307 e. The van der Waals surface area contributed by atoms with Gasteiger partial charge in [0.1, 0.15) is 0 Å². The number of nitrogen functional groups attached to an aromatic ring is 1. The van der Waals surface area contributed by atoms with Gasteiger partial charge in [-0.2, -0.15) is 0 Å². The molecule has 2 aromatic rings. The molecule has 0 spiro atoms. The van der Waals surface area contributed by atoms with Gasteiger partial charge in [0.15, 0.2) is 23.3 Å². The molecule has 0 unspecified atom stereocenters. The zero-order valence-electron chi connectivity index (χ0n) is 10.6. The third kappa shape index (κ3) is 2.57. The molecule has 0 bridgehead atoms. The monoisotopic (exact) mass is 318 g/mol. The van der Waals surface area contributed by atoms with Crippen molar-refractivity contribution in [2.45, 2.75) is 6.42 Å². The maximum absolute atomic E-state index is 13.8. The maximum Gasteiger partial charge on any atom is 0.307 e. The van der Waals surface area contributed by atoms with Crippen LogP contribution in [0.5, 0.6) is 0 Å². The highest BCUT2D eigenvalue weighted by Crippen LogP contribution is 2.33. The summed E-state index contributed by atoms with van der Waals surface area (Å²) in [4.78, 5) is 14.3. The van der Waals surface area contributed by atoms with E-state index in [1.165, 1.54) is 0 Å². The van der Waals surface area contributed by atoms with Crippen LogP contribution in [-0.4, -0.2) is 16.1 Å². The lowest BCUT2D eigenvalue weighted by molar-refractivity contribution is -0.136. The predicted octanol–water partition coefficient (Wildman–Crippen LogP) is 2.65. The molecule has 0 saturated carbocycles. The molecule has 3 N–H and O–H groups in total. The van der Waals surface area contributed by atoms with Gasteiger partial charge < -0.3 is 10.8 Å². The largest absolute Gasteiger partial charge is 0.481 e. The molecule has 116 valence electrons. The van der Waals surface area contributed by atoms with Gasteiger partial charge in [-0.1, -0.05) is 0 Å². The quantitative estimate of drug-likeness (QED) is 0.518. The first-order chi connectivity index (χ1) is 10.2. The van der Waals surface area contributed by atoms with Gasteiger partial charge in [0, 0.05) is 0 Å². The highest BCUT2D eigenvalue weighted by molar-refractivity contribution is 5.76. The number of aromatic nitrogens is 1. The van der Waals surface area contributed by atoms with E-state index < -0.39 is 52.7 Å². The molecule has 0 radical (unpaired) electrons. The highest BCUT2D eigenvalue weighted by atomic mass is 19.2. The fraction of sp³-hybridized carbons (Fsp3) is 0.0769. The summed E-state index contributed by atoms with van der Waals surface area (Å²) in [5.74, 6) is -12.2. The van der Waals surface area contributed by atoms with Gasteiger partial charge in [0.2, 0.25) is 5.82 Å². The molecule has 0 aliphatic carbocycles. The number of nitrogens with zero attached hydrogens (tertiary/aromatic N) is 1. The topological polar surface area (TPSA) is 76.2 Å². The number of halogens is 5. The van der Waals surface area contributed by atoms with Crippen molar-refractivity contribution in [1.82, 2.24) is 4.98 Å². The Kier molecular flexibility index (Phi) is 3.98. The molecule has 1 aromatic heterocycles. The summed E-state index contributed by atoms with van der Waals surface area (Å²) < 4.78 is 67.0. The van der Waals surface area contributed by atoms with Crippen LogP contribution in [0.15, 0.2) is 12.3 Å². The Morgan fingerprint density at radius 2 is 1.55 bits per heavy atom. The van der Waals surface area contributed by atoms with E-state index in [1.54, 1.807) is 0 Å². The van der Waals surface area contributed by atoms with Crippen LogP contribution in [0.3, 0.4) is 0 Å². The van der Waals surface area contributed by atoms with E-state index in [-0.39, 0.29) is 11.3 Å². The Morgan fingerprint density at radius 1 is 1.05 bits per heavy atom. The van der Waals surface area contributed by atoms with Crippen molar-refractivity contribution in [2.75, 3.05) is 5.73 Å². The van der Waals surface area contributed by atoms with Crippen molar-refractivity contribution in [2.24, 2.45) is 0 Å². The van der Waals surface area contributed by atoms with E-state index in [2.05, 4.69) is 4.98 Å². The van der Waals surface area contributed by atoms with E-state index in [9.17, 15) is 26.7 Å².